The molecule has 1 aromatic rings. The fourth-order valence-corrected chi connectivity index (χ4v) is 2.50. The first-order chi connectivity index (χ1) is 7.69. The molecule has 0 aromatic heterocycles. The number of carbonyl (C=O) groups is 1. The van der Waals surface area contributed by atoms with E-state index in [2.05, 4.69) is 4.74 Å². The van der Waals surface area contributed by atoms with Crippen LogP contribution in [0.5, 0.6) is 5.75 Å². The van der Waals surface area contributed by atoms with Gasteiger partial charge in [-0.25, -0.2) is 13.1 Å². The second-order valence-electron chi connectivity index (χ2n) is 3.14. The minimum absolute atomic E-state index is 0.364. The summed E-state index contributed by atoms with van der Waals surface area (Å²) in [6.07, 6.45) is -4.90. The molecule has 17 heavy (non-hydrogen) atoms. The minimum atomic E-state index is -4.90. The Morgan fingerprint density at radius 1 is 1.24 bits per heavy atom. The molecule has 0 radical (unpaired) electrons. The predicted octanol–water partition coefficient (Wildman–Crippen LogP) is 1.02. The molecule has 0 atom stereocenters. The Morgan fingerprint density at radius 3 is 2.47 bits per heavy atom. The number of hydrogen-bond donors (Lipinski definition) is 1. The second kappa shape index (κ2) is 3.36. The molecule has 1 N–H and O–H groups in total. The van der Waals surface area contributed by atoms with Crippen molar-refractivity contribution >= 4 is 15.9 Å². The van der Waals surface area contributed by atoms with Gasteiger partial charge in [0.25, 0.3) is 15.9 Å². The molecule has 1 heterocycles. The number of amides is 1. The molecule has 0 unspecified atom stereocenters. The van der Waals surface area contributed by atoms with Gasteiger partial charge >= 0.3 is 6.36 Å². The average Bonchev–Trinajstić information content (AvgIpc) is 2.34. The van der Waals surface area contributed by atoms with Gasteiger partial charge in [-0.2, -0.15) is 0 Å². The Kier molecular flexibility index (Phi) is 2.31. The normalized spacial score (nSPS) is 17.5. The first kappa shape index (κ1) is 11.7. The number of hydrogen-bond acceptors (Lipinski definition) is 4. The fraction of sp³-hybridized carbons (Fsp3) is 0.125. The summed E-state index contributed by atoms with van der Waals surface area (Å²) in [6, 6.07) is 2.43. The molecular weight excluding hydrogens is 263 g/mol. The number of halogens is 3. The van der Waals surface area contributed by atoms with Crippen molar-refractivity contribution in [2.75, 3.05) is 0 Å². The fourth-order valence-electron chi connectivity index (χ4n) is 1.35. The molecule has 1 aromatic carbocycles. The lowest BCUT2D eigenvalue weighted by atomic mass is 10.2. The molecular formula is C8H4F3NO4S. The van der Waals surface area contributed by atoms with E-state index < -0.39 is 28.0 Å². The zero-order chi connectivity index (χ0) is 12.8. The van der Waals surface area contributed by atoms with E-state index in [1.165, 1.54) is 0 Å². The van der Waals surface area contributed by atoms with Crippen molar-refractivity contribution in [3.63, 3.8) is 0 Å². The lowest BCUT2D eigenvalue weighted by Crippen LogP contribution is -2.20. The van der Waals surface area contributed by atoms with E-state index in [9.17, 15) is 26.4 Å². The van der Waals surface area contributed by atoms with E-state index >= 15 is 0 Å². The van der Waals surface area contributed by atoms with Crippen LogP contribution in [-0.4, -0.2) is 20.7 Å². The summed E-state index contributed by atoms with van der Waals surface area (Å²) >= 11 is 0. The lowest BCUT2D eigenvalue weighted by Gasteiger charge is -2.08. The van der Waals surface area contributed by atoms with Crippen LogP contribution in [0.25, 0.3) is 0 Å². The Balaban J connectivity index is 2.47. The quantitative estimate of drug-likeness (QED) is 0.824. The number of nitrogens with one attached hydrogen (secondary N) is 1. The van der Waals surface area contributed by atoms with Crippen LogP contribution in [0.1, 0.15) is 10.4 Å². The van der Waals surface area contributed by atoms with Crippen LogP contribution in [0.2, 0.25) is 0 Å². The molecule has 9 heteroatoms. The molecule has 1 amide bonds. The molecule has 0 saturated heterocycles. The number of sulfonamides is 1. The van der Waals surface area contributed by atoms with Crippen LogP contribution in [0.15, 0.2) is 23.1 Å². The third-order valence-electron chi connectivity index (χ3n) is 1.95. The molecule has 1 aliphatic rings. The largest absolute Gasteiger partial charge is 0.573 e. The number of fused-ring (bicyclic) bond motifs is 1. The zero-order valence-electron chi connectivity index (χ0n) is 7.91. The van der Waals surface area contributed by atoms with Gasteiger partial charge < -0.3 is 4.74 Å². The van der Waals surface area contributed by atoms with E-state index in [1.54, 1.807) is 4.72 Å². The number of benzene rings is 1. The summed E-state index contributed by atoms with van der Waals surface area (Å²) in [5, 5.41) is 0. The Morgan fingerprint density at radius 2 is 1.88 bits per heavy atom. The molecule has 92 valence electrons. The van der Waals surface area contributed by atoms with Gasteiger partial charge in [-0.15, -0.1) is 13.2 Å². The van der Waals surface area contributed by atoms with Crippen molar-refractivity contribution < 1.29 is 31.1 Å². The Hall–Kier alpha value is -1.77. The van der Waals surface area contributed by atoms with Crippen LogP contribution in [0.3, 0.4) is 0 Å². The first-order valence-electron chi connectivity index (χ1n) is 4.16. The van der Waals surface area contributed by atoms with Crippen LogP contribution >= 0.6 is 0 Å². The van der Waals surface area contributed by atoms with Gasteiger partial charge in [0, 0.05) is 0 Å². The predicted molar refractivity (Wildman–Crippen MR) is 47.8 cm³/mol. The monoisotopic (exact) mass is 267 g/mol. The topological polar surface area (TPSA) is 72.5 Å². The maximum Gasteiger partial charge on any atom is 0.573 e. The van der Waals surface area contributed by atoms with E-state index in [1.807, 2.05) is 0 Å². The van der Waals surface area contributed by atoms with Crippen molar-refractivity contribution in [1.29, 1.82) is 0 Å². The summed E-state index contributed by atoms with van der Waals surface area (Å²) in [6.45, 7) is 0. The molecule has 0 spiro atoms. The highest BCUT2D eigenvalue weighted by molar-refractivity contribution is 7.90. The van der Waals surface area contributed by atoms with Crippen molar-refractivity contribution in [3.05, 3.63) is 23.8 Å². The molecule has 0 bridgehead atoms. The smallest absolute Gasteiger partial charge is 0.406 e. The average molecular weight is 267 g/mol. The number of alkyl halides is 3. The van der Waals surface area contributed by atoms with Gasteiger partial charge in [-0.1, -0.05) is 0 Å². The van der Waals surface area contributed by atoms with Gasteiger partial charge in [0.2, 0.25) is 0 Å². The van der Waals surface area contributed by atoms with Gasteiger partial charge in [0.1, 0.15) is 10.6 Å². The second-order valence-corrected chi connectivity index (χ2v) is 4.79. The molecule has 0 fully saturated rings. The standard InChI is InChI=1S/C8H4F3NO4S/c9-8(10,11)16-4-1-2-6-5(3-4)7(13)12-17(6,14)15/h1-3H,(H,12,13). The van der Waals surface area contributed by atoms with Crippen molar-refractivity contribution in [1.82, 2.24) is 4.72 Å². The van der Waals surface area contributed by atoms with E-state index in [4.69, 9.17) is 0 Å². The highest BCUT2D eigenvalue weighted by atomic mass is 32.2. The molecule has 0 aliphatic carbocycles. The molecule has 2 rings (SSSR count). The Bertz CT molecular complexity index is 593. The van der Waals surface area contributed by atoms with Crippen LogP contribution in [0, 0.1) is 0 Å². The Labute approximate surface area is 93.2 Å². The zero-order valence-corrected chi connectivity index (χ0v) is 8.72. The third kappa shape index (κ3) is 2.18. The third-order valence-corrected chi connectivity index (χ3v) is 3.33. The summed E-state index contributed by atoms with van der Waals surface area (Å²) < 4.78 is 63.4. The molecule has 0 saturated carbocycles. The highest BCUT2D eigenvalue weighted by Gasteiger charge is 2.35. The van der Waals surface area contributed by atoms with Gasteiger partial charge in [-0.05, 0) is 18.2 Å². The van der Waals surface area contributed by atoms with Crippen molar-refractivity contribution in [3.8, 4) is 5.75 Å². The lowest BCUT2D eigenvalue weighted by molar-refractivity contribution is -0.274. The van der Waals surface area contributed by atoms with Gasteiger partial charge in [-0.3, -0.25) is 4.79 Å². The number of rotatable bonds is 1. The van der Waals surface area contributed by atoms with E-state index in [-0.39, 0.29) is 10.5 Å². The number of carbonyl (C=O) groups excluding carboxylic acids is 1. The van der Waals surface area contributed by atoms with Crippen LogP contribution in [-0.2, 0) is 10.0 Å². The summed E-state index contributed by atoms with van der Waals surface area (Å²) in [5.74, 6) is -1.63. The minimum Gasteiger partial charge on any atom is -0.406 e. The highest BCUT2D eigenvalue weighted by Crippen LogP contribution is 2.29. The van der Waals surface area contributed by atoms with Crippen molar-refractivity contribution in [2.45, 2.75) is 11.3 Å². The molecule has 5 nitrogen and oxygen atoms in total. The summed E-state index contributed by atoms with van der Waals surface area (Å²) in [5.41, 5.74) is -0.369. The van der Waals surface area contributed by atoms with Gasteiger partial charge in [0.15, 0.2) is 0 Å². The summed E-state index contributed by atoms with van der Waals surface area (Å²) in [7, 11) is -3.95. The maximum atomic E-state index is 11.9. The molecule has 1 aliphatic heterocycles. The van der Waals surface area contributed by atoms with Crippen LogP contribution in [0.4, 0.5) is 13.2 Å². The van der Waals surface area contributed by atoms with Crippen molar-refractivity contribution in [2.24, 2.45) is 0 Å². The summed E-state index contributed by atoms with van der Waals surface area (Å²) in [4.78, 5) is 10.8. The van der Waals surface area contributed by atoms with Crippen LogP contribution < -0.4 is 9.46 Å². The maximum absolute atomic E-state index is 11.9. The van der Waals surface area contributed by atoms with E-state index in [0.29, 0.717) is 0 Å². The van der Waals surface area contributed by atoms with E-state index in [0.717, 1.165) is 18.2 Å². The SMILES string of the molecule is O=C1NS(=O)(=O)c2ccc(OC(F)(F)F)cc21. The number of ether oxygens (including phenoxy) is 1. The first-order valence-corrected chi connectivity index (χ1v) is 5.64. The van der Waals surface area contributed by atoms with Gasteiger partial charge in [0.05, 0.1) is 5.56 Å².